The molecule has 0 aliphatic heterocycles. The molecule has 0 fully saturated rings. The maximum Gasteiger partial charge on any atom is 0.316 e. The molecule has 2 rings (SSSR count). The number of nitrogens with one attached hydrogen (secondary N) is 2. The molecular formula is C20H23N3O2. The molecule has 25 heavy (non-hydrogen) atoms. The third-order valence-corrected chi connectivity index (χ3v) is 3.72. The van der Waals surface area contributed by atoms with Crippen molar-refractivity contribution in [1.29, 1.82) is 0 Å². The SMILES string of the molecule is CC(C)c1ccc(/C=C/C(=O)NCc2ccc(NC(N)=O)cc2)cc1. The van der Waals surface area contributed by atoms with Crippen molar-refractivity contribution in [3.05, 3.63) is 71.3 Å². The minimum atomic E-state index is -0.604. The molecular weight excluding hydrogens is 314 g/mol. The Morgan fingerprint density at radius 1 is 1.04 bits per heavy atom. The number of amides is 3. The highest BCUT2D eigenvalue weighted by Gasteiger charge is 2.00. The van der Waals surface area contributed by atoms with Gasteiger partial charge in [0.1, 0.15) is 0 Å². The van der Waals surface area contributed by atoms with Gasteiger partial charge in [-0.25, -0.2) is 4.79 Å². The van der Waals surface area contributed by atoms with Gasteiger partial charge in [-0.2, -0.15) is 0 Å². The quantitative estimate of drug-likeness (QED) is 0.703. The first-order valence-corrected chi connectivity index (χ1v) is 8.15. The third-order valence-electron chi connectivity index (χ3n) is 3.72. The minimum Gasteiger partial charge on any atom is -0.351 e. The van der Waals surface area contributed by atoms with Crippen LogP contribution in [0.1, 0.15) is 36.5 Å². The molecule has 0 spiro atoms. The molecule has 0 aromatic heterocycles. The summed E-state index contributed by atoms with van der Waals surface area (Å²) in [5.74, 6) is 0.332. The minimum absolute atomic E-state index is 0.160. The fraction of sp³-hybridized carbons (Fsp3) is 0.200. The van der Waals surface area contributed by atoms with E-state index in [9.17, 15) is 9.59 Å². The highest BCUT2D eigenvalue weighted by Crippen LogP contribution is 2.15. The highest BCUT2D eigenvalue weighted by molar-refractivity contribution is 5.91. The van der Waals surface area contributed by atoms with E-state index in [1.54, 1.807) is 18.2 Å². The normalized spacial score (nSPS) is 10.8. The molecule has 130 valence electrons. The Hall–Kier alpha value is -3.08. The molecule has 0 atom stereocenters. The molecule has 0 aliphatic rings. The van der Waals surface area contributed by atoms with Crippen molar-refractivity contribution >= 4 is 23.7 Å². The van der Waals surface area contributed by atoms with E-state index in [1.165, 1.54) is 11.6 Å². The lowest BCUT2D eigenvalue weighted by atomic mass is 10.0. The van der Waals surface area contributed by atoms with Crippen molar-refractivity contribution in [1.82, 2.24) is 5.32 Å². The zero-order valence-electron chi connectivity index (χ0n) is 14.5. The zero-order chi connectivity index (χ0) is 18.2. The van der Waals surface area contributed by atoms with Crippen LogP contribution in [-0.2, 0) is 11.3 Å². The van der Waals surface area contributed by atoms with E-state index in [0.29, 0.717) is 18.2 Å². The fourth-order valence-electron chi connectivity index (χ4n) is 2.26. The molecule has 0 heterocycles. The monoisotopic (exact) mass is 337 g/mol. The molecule has 5 heteroatoms. The zero-order valence-corrected chi connectivity index (χ0v) is 14.5. The maximum absolute atomic E-state index is 11.9. The van der Waals surface area contributed by atoms with Crippen LogP contribution < -0.4 is 16.4 Å². The smallest absolute Gasteiger partial charge is 0.316 e. The fourth-order valence-corrected chi connectivity index (χ4v) is 2.26. The number of rotatable bonds is 6. The van der Waals surface area contributed by atoms with Crippen LogP contribution in [0.25, 0.3) is 6.08 Å². The Morgan fingerprint density at radius 3 is 2.24 bits per heavy atom. The van der Waals surface area contributed by atoms with Gasteiger partial charge in [-0.1, -0.05) is 50.2 Å². The Morgan fingerprint density at radius 2 is 1.68 bits per heavy atom. The van der Waals surface area contributed by atoms with Crippen LogP contribution in [0.15, 0.2) is 54.6 Å². The second-order valence-corrected chi connectivity index (χ2v) is 6.06. The molecule has 0 unspecified atom stereocenters. The Balaban J connectivity index is 1.84. The van der Waals surface area contributed by atoms with E-state index in [2.05, 4.69) is 36.6 Å². The van der Waals surface area contributed by atoms with Crippen molar-refractivity contribution in [3.63, 3.8) is 0 Å². The van der Waals surface area contributed by atoms with Gasteiger partial charge >= 0.3 is 6.03 Å². The Bertz CT molecular complexity index is 748. The molecule has 0 radical (unpaired) electrons. The highest BCUT2D eigenvalue weighted by atomic mass is 16.2. The number of carbonyl (C=O) groups excluding carboxylic acids is 2. The van der Waals surface area contributed by atoms with Gasteiger partial charge in [0.15, 0.2) is 0 Å². The Labute approximate surface area is 147 Å². The number of urea groups is 1. The lowest BCUT2D eigenvalue weighted by molar-refractivity contribution is -0.116. The molecule has 5 nitrogen and oxygen atoms in total. The molecule has 2 aromatic rings. The van der Waals surface area contributed by atoms with Gasteiger partial charge in [0, 0.05) is 18.3 Å². The van der Waals surface area contributed by atoms with Crippen LogP contribution in [0.4, 0.5) is 10.5 Å². The molecule has 0 saturated carbocycles. The number of anilines is 1. The summed E-state index contributed by atoms with van der Waals surface area (Å²) in [5, 5.41) is 5.31. The molecule has 3 amide bonds. The van der Waals surface area contributed by atoms with E-state index in [-0.39, 0.29) is 5.91 Å². The van der Waals surface area contributed by atoms with Crippen LogP contribution >= 0.6 is 0 Å². The number of hydrogen-bond acceptors (Lipinski definition) is 2. The summed E-state index contributed by atoms with van der Waals surface area (Å²) in [6, 6.07) is 14.7. The van der Waals surface area contributed by atoms with Crippen molar-refractivity contribution in [3.8, 4) is 0 Å². The lowest BCUT2D eigenvalue weighted by Gasteiger charge is -2.06. The van der Waals surface area contributed by atoms with Crippen LogP contribution in [-0.4, -0.2) is 11.9 Å². The summed E-state index contributed by atoms with van der Waals surface area (Å²) in [4.78, 5) is 22.7. The third kappa shape index (κ3) is 6.14. The predicted molar refractivity (Wildman–Crippen MR) is 101 cm³/mol. The average Bonchev–Trinajstić information content (AvgIpc) is 2.59. The average molecular weight is 337 g/mol. The maximum atomic E-state index is 11.9. The van der Waals surface area contributed by atoms with E-state index in [4.69, 9.17) is 5.73 Å². The van der Waals surface area contributed by atoms with E-state index in [1.807, 2.05) is 24.3 Å². The van der Waals surface area contributed by atoms with Gasteiger partial charge in [0.25, 0.3) is 0 Å². The van der Waals surface area contributed by atoms with Gasteiger partial charge in [-0.15, -0.1) is 0 Å². The van der Waals surface area contributed by atoms with E-state index < -0.39 is 6.03 Å². The molecule has 0 bridgehead atoms. The first-order valence-electron chi connectivity index (χ1n) is 8.15. The van der Waals surface area contributed by atoms with Crippen LogP contribution in [0.3, 0.4) is 0 Å². The number of benzene rings is 2. The van der Waals surface area contributed by atoms with Crippen LogP contribution in [0, 0.1) is 0 Å². The van der Waals surface area contributed by atoms with Gasteiger partial charge in [-0.3, -0.25) is 4.79 Å². The summed E-state index contributed by atoms with van der Waals surface area (Å²) < 4.78 is 0. The first kappa shape index (κ1) is 18.3. The summed E-state index contributed by atoms with van der Waals surface area (Å²) >= 11 is 0. The second kappa shape index (κ2) is 8.68. The largest absolute Gasteiger partial charge is 0.351 e. The van der Waals surface area contributed by atoms with Gasteiger partial charge in [0.05, 0.1) is 0 Å². The standard InChI is InChI=1S/C20H23N3O2/c1-14(2)17-8-3-15(4-9-17)7-12-19(24)22-13-16-5-10-18(11-6-16)23-20(21)25/h3-12,14H,13H2,1-2H3,(H,22,24)(H3,21,23,25)/b12-7+. The van der Waals surface area contributed by atoms with E-state index in [0.717, 1.165) is 11.1 Å². The summed E-state index contributed by atoms with van der Waals surface area (Å²) in [6.07, 6.45) is 3.31. The van der Waals surface area contributed by atoms with Crippen LogP contribution in [0.2, 0.25) is 0 Å². The molecule has 0 saturated heterocycles. The van der Waals surface area contributed by atoms with E-state index >= 15 is 0 Å². The van der Waals surface area contributed by atoms with Crippen LogP contribution in [0.5, 0.6) is 0 Å². The van der Waals surface area contributed by atoms with Gasteiger partial charge in [-0.05, 0) is 40.8 Å². The second-order valence-electron chi connectivity index (χ2n) is 6.06. The summed E-state index contributed by atoms with van der Waals surface area (Å²) in [5.41, 5.74) is 8.86. The van der Waals surface area contributed by atoms with Crippen molar-refractivity contribution in [2.24, 2.45) is 5.73 Å². The number of carbonyl (C=O) groups is 2. The Kier molecular flexibility index (Phi) is 6.34. The predicted octanol–water partition coefficient (Wildman–Crippen LogP) is 3.63. The lowest BCUT2D eigenvalue weighted by Crippen LogP contribution is -2.20. The molecule has 0 aliphatic carbocycles. The number of nitrogens with two attached hydrogens (primary N) is 1. The first-order chi connectivity index (χ1) is 11.9. The van der Waals surface area contributed by atoms with Crippen molar-refractivity contribution in [2.45, 2.75) is 26.3 Å². The van der Waals surface area contributed by atoms with Gasteiger partial charge < -0.3 is 16.4 Å². The summed E-state index contributed by atoms with van der Waals surface area (Å²) in [7, 11) is 0. The topological polar surface area (TPSA) is 84.2 Å². The molecule has 4 N–H and O–H groups in total. The summed E-state index contributed by atoms with van der Waals surface area (Å²) in [6.45, 7) is 4.70. The number of primary amides is 1. The van der Waals surface area contributed by atoms with Gasteiger partial charge in [0.2, 0.25) is 5.91 Å². The van der Waals surface area contributed by atoms with Crippen molar-refractivity contribution in [2.75, 3.05) is 5.32 Å². The molecule has 2 aromatic carbocycles. The number of hydrogen-bond donors (Lipinski definition) is 3. The van der Waals surface area contributed by atoms with Crippen molar-refractivity contribution < 1.29 is 9.59 Å².